The van der Waals surface area contributed by atoms with E-state index in [0.717, 1.165) is 11.9 Å². The molecule has 1 rings (SSSR count). The van der Waals surface area contributed by atoms with E-state index in [2.05, 4.69) is 0 Å². The van der Waals surface area contributed by atoms with Crippen LogP contribution in [0.4, 0.5) is 0 Å². The van der Waals surface area contributed by atoms with Crippen LogP contribution in [0.2, 0.25) is 0 Å². The predicted octanol–water partition coefficient (Wildman–Crippen LogP) is 1.82. The fourth-order valence-electron chi connectivity index (χ4n) is 1.79. The lowest BCUT2D eigenvalue weighted by Crippen LogP contribution is -2.08. The van der Waals surface area contributed by atoms with Gasteiger partial charge in [0.1, 0.15) is 6.29 Å². The zero-order chi connectivity index (χ0) is 8.97. The molecule has 0 bridgehead atoms. The number of carbonyl (C=O) groups is 1. The highest BCUT2D eigenvalue weighted by Crippen LogP contribution is 2.29. The Kier molecular flexibility index (Phi) is 3.32. The molecular weight excluding hydrogens is 150 g/mol. The molecule has 0 heterocycles. The molecule has 0 amide bonds. The summed E-state index contributed by atoms with van der Waals surface area (Å²) in [6, 6.07) is 0. The quantitative estimate of drug-likeness (QED) is 0.472. The van der Waals surface area contributed by atoms with Gasteiger partial charge in [0.05, 0.1) is 0 Å². The van der Waals surface area contributed by atoms with Crippen molar-refractivity contribution in [2.45, 2.75) is 25.7 Å². The third-order valence-electron chi connectivity index (χ3n) is 2.37. The fraction of sp³-hybridized carbons (Fsp3) is 0.700. The average molecular weight is 167 g/mol. The third-order valence-corrected chi connectivity index (χ3v) is 2.37. The van der Waals surface area contributed by atoms with E-state index >= 15 is 0 Å². The highest BCUT2D eigenvalue weighted by Gasteiger charge is 2.18. The van der Waals surface area contributed by atoms with E-state index in [4.69, 9.17) is 0 Å². The molecule has 1 aliphatic carbocycles. The molecule has 2 heteroatoms. The normalized spacial score (nSPS) is 19.7. The van der Waals surface area contributed by atoms with Gasteiger partial charge in [-0.1, -0.05) is 12.8 Å². The van der Waals surface area contributed by atoms with Crippen molar-refractivity contribution in [3.63, 3.8) is 0 Å². The topological polar surface area (TPSA) is 20.3 Å². The summed E-state index contributed by atoms with van der Waals surface area (Å²) in [7, 11) is 3.91. The van der Waals surface area contributed by atoms with Crippen LogP contribution in [0.15, 0.2) is 11.8 Å². The summed E-state index contributed by atoms with van der Waals surface area (Å²) in [5, 5.41) is 0. The summed E-state index contributed by atoms with van der Waals surface area (Å²) in [5.74, 6) is 0.532. The minimum atomic E-state index is 0.532. The van der Waals surface area contributed by atoms with Crippen molar-refractivity contribution in [3.8, 4) is 0 Å². The first-order valence-electron chi connectivity index (χ1n) is 4.57. The van der Waals surface area contributed by atoms with Crippen molar-refractivity contribution in [3.05, 3.63) is 11.8 Å². The molecule has 0 radical (unpaired) electrons. The van der Waals surface area contributed by atoms with Crippen molar-refractivity contribution >= 4 is 6.29 Å². The Morgan fingerprint density at radius 3 is 2.33 bits per heavy atom. The van der Waals surface area contributed by atoms with Gasteiger partial charge < -0.3 is 4.90 Å². The number of allylic oxidation sites excluding steroid dienone is 1. The maximum absolute atomic E-state index is 10.7. The standard InChI is InChI=1S/C10H17NO/c1-11(2)7-10(8-12)9-5-3-4-6-9/h7-9H,3-6H2,1-2H3/b10-7-. The van der Waals surface area contributed by atoms with Crippen LogP contribution in [-0.4, -0.2) is 25.3 Å². The third kappa shape index (κ3) is 2.36. The Hall–Kier alpha value is -0.790. The second kappa shape index (κ2) is 4.29. The molecule has 12 heavy (non-hydrogen) atoms. The van der Waals surface area contributed by atoms with Gasteiger partial charge in [0.2, 0.25) is 0 Å². The SMILES string of the molecule is CN(C)/C=C(/C=O)C1CCCC1. The van der Waals surface area contributed by atoms with E-state index in [-0.39, 0.29) is 0 Å². The lowest BCUT2D eigenvalue weighted by molar-refractivity contribution is -0.105. The second-order valence-corrected chi connectivity index (χ2v) is 3.69. The van der Waals surface area contributed by atoms with Gasteiger partial charge in [0, 0.05) is 25.9 Å². The number of carbonyl (C=O) groups excluding carboxylic acids is 1. The average Bonchev–Trinajstić information content (AvgIpc) is 2.51. The van der Waals surface area contributed by atoms with E-state index in [9.17, 15) is 4.79 Å². The van der Waals surface area contributed by atoms with Gasteiger partial charge in [-0.2, -0.15) is 0 Å². The van der Waals surface area contributed by atoms with Crippen LogP contribution in [-0.2, 0) is 4.79 Å². The molecule has 0 spiro atoms. The molecule has 0 unspecified atom stereocenters. The fourth-order valence-corrected chi connectivity index (χ4v) is 1.79. The Bertz CT molecular complexity index is 178. The number of hydrogen-bond donors (Lipinski definition) is 0. The lowest BCUT2D eigenvalue weighted by Gasteiger charge is -2.12. The summed E-state index contributed by atoms with van der Waals surface area (Å²) in [6.45, 7) is 0. The van der Waals surface area contributed by atoms with E-state index in [0.29, 0.717) is 5.92 Å². The molecule has 1 aliphatic rings. The van der Waals surface area contributed by atoms with E-state index in [1.165, 1.54) is 25.7 Å². The van der Waals surface area contributed by atoms with Crippen molar-refractivity contribution in [1.82, 2.24) is 4.90 Å². The molecule has 0 aromatic rings. The minimum Gasteiger partial charge on any atom is -0.383 e. The van der Waals surface area contributed by atoms with Gasteiger partial charge in [0.15, 0.2) is 0 Å². The van der Waals surface area contributed by atoms with Crippen molar-refractivity contribution in [2.75, 3.05) is 14.1 Å². The first-order chi connectivity index (χ1) is 5.74. The molecule has 0 saturated heterocycles. The number of rotatable bonds is 3. The first-order valence-corrected chi connectivity index (χ1v) is 4.57. The highest BCUT2D eigenvalue weighted by atomic mass is 16.1. The number of nitrogens with zero attached hydrogens (tertiary/aromatic N) is 1. The molecule has 0 atom stereocenters. The Morgan fingerprint density at radius 2 is 1.92 bits per heavy atom. The van der Waals surface area contributed by atoms with Crippen LogP contribution >= 0.6 is 0 Å². The molecule has 0 aliphatic heterocycles. The van der Waals surface area contributed by atoms with Crippen LogP contribution in [0.5, 0.6) is 0 Å². The summed E-state index contributed by atoms with van der Waals surface area (Å²) >= 11 is 0. The van der Waals surface area contributed by atoms with Gasteiger partial charge in [-0.25, -0.2) is 0 Å². The first kappa shape index (κ1) is 9.30. The number of hydrogen-bond acceptors (Lipinski definition) is 2. The highest BCUT2D eigenvalue weighted by molar-refractivity contribution is 5.73. The van der Waals surface area contributed by atoms with Gasteiger partial charge in [-0.15, -0.1) is 0 Å². The molecule has 68 valence electrons. The van der Waals surface area contributed by atoms with E-state index in [1.807, 2.05) is 25.2 Å². The lowest BCUT2D eigenvalue weighted by atomic mass is 9.99. The van der Waals surface area contributed by atoms with Gasteiger partial charge in [-0.05, 0) is 18.8 Å². The summed E-state index contributed by atoms with van der Waals surface area (Å²) in [6.07, 6.45) is 7.91. The molecule has 1 saturated carbocycles. The maximum atomic E-state index is 10.7. The Morgan fingerprint density at radius 1 is 1.33 bits per heavy atom. The van der Waals surface area contributed by atoms with Crippen molar-refractivity contribution in [1.29, 1.82) is 0 Å². The van der Waals surface area contributed by atoms with Crippen molar-refractivity contribution in [2.24, 2.45) is 5.92 Å². The van der Waals surface area contributed by atoms with Gasteiger partial charge >= 0.3 is 0 Å². The zero-order valence-electron chi connectivity index (χ0n) is 7.92. The molecule has 0 N–H and O–H groups in total. The largest absolute Gasteiger partial charge is 0.383 e. The molecule has 2 nitrogen and oxygen atoms in total. The monoisotopic (exact) mass is 167 g/mol. The van der Waals surface area contributed by atoms with Crippen LogP contribution in [0.3, 0.4) is 0 Å². The van der Waals surface area contributed by atoms with Crippen molar-refractivity contribution < 1.29 is 4.79 Å². The van der Waals surface area contributed by atoms with E-state index < -0.39 is 0 Å². The van der Waals surface area contributed by atoms with Gasteiger partial charge in [-0.3, -0.25) is 4.79 Å². The summed E-state index contributed by atoms with van der Waals surface area (Å²) < 4.78 is 0. The van der Waals surface area contributed by atoms with Gasteiger partial charge in [0.25, 0.3) is 0 Å². The minimum absolute atomic E-state index is 0.532. The zero-order valence-corrected chi connectivity index (χ0v) is 7.92. The van der Waals surface area contributed by atoms with Crippen LogP contribution in [0.1, 0.15) is 25.7 Å². The van der Waals surface area contributed by atoms with E-state index in [1.54, 1.807) is 0 Å². The second-order valence-electron chi connectivity index (χ2n) is 3.69. The van der Waals surface area contributed by atoms with Crippen LogP contribution in [0.25, 0.3) is 0 Å². The summed E-state index contributed by atoms with van der Waals surface area (Å²) in [4.78, 5) is 12.7. The maximum Gasteiger partial charge on any atom is 0.147 e. The van der Waals surface area contributed by atoms with Crippen LogP contribution < -0.4 is 0 Å². The Balaban J connectivity index is 2.60. The smallest absolute Gasteiger partial charge is 0.147 e. The molecule has 1 fully saturated rings. The molecular formula is C10H17NO. The molecule has 0 aromatic heterocycles. The summed E-state index contributed by atoms with van der Waals surface area (Å²) in [5.41, 5.74) is 0.970. The number of aldehydes is 1. The molecule has 0 aromatic carbocycles. The Labute approximate surface area is 74.2 Å². The predicted molar refractivity (Wildman–Crippen MR) is 49.8 cm³/mol. The van der Waals surface area contributed by atoms with Crippen LogP contribution in [0, 0.1) is 5.92 Å².